The first-order chi connectivity index (χ1) is 15.7. The zero-order valence-electron chi connectivity index (χ0n) is 18.5. The number of hydrogen-bond donors (Lipinski definition) is 2. The molecule has 172 valence electrons. The molecule has 0 fully saturated rings. The van der Waals surface area contributed by atoms with Crippen LogP contribution in [-0.4, -0.2) is 39.7 Å². The Hall–Kier alpha value is -3.79. The number of aromatic hydroxyl groups is 1. The largest absolute Gasteiger partial charge is 0.507 e. The number of pyridine rings is 1. The number of thiazole rings is 1. The van der Waals surface area contributed by atoms with E-state index in [-0.39, 0.29) is 41.7 Å². The fourth-order valence-electron chi connectivity index (χ4n) is 3.11. The highest BCUT2D eigenvalue weighted by Crippen LogP contribution is 2.30. The van der Waals surface area contributed by atoms with E-state index in [4.69, 9.17) is 10.5 Å². The average Bonchev–Trinajstić information content (AvgIpc) is 3.24. The van der Waals surface area contributed by atoms with Gasteiger partial charge in [-0.1, -0.05) is 13.0 Å². The second-order valence-corrected chi connectivity index (χ2v) is 8.15. The number of ketones is 1. The molecule has 0 aliphatic carbocycles. The summed E-state index contributed by atoms with van der Waals surface area (Å²) in [6.45, 7) is 3.38. The summed E-state index contributed by atoms with van der Waals surface area (Å²) in [5.74, 6) is -0.791. The second-order valence-electron chi connectivity index (χ2n) is 7.32. The van der Waals surface area contributed by atoms with E-state index in [1.165, 1.54) is 29.2 Å². The smallest absolute Gasteiger partial charge is 0.278 e. The molecule has 9 nitrogen and oxygen atoms in total. The van der Waals surface area contributed by atoms with Crippen molar-refractivity contribution in [1.29, 1.82) is 0 Å². The van der Waals surface area contributed by atoms with Gasteiger partial charge in [0.2, 0.25) is 5.91 Å². The Morgan fingerprint density at radius 3 is 2.61 bits per heavy atom. The molecule has 3 aromatic rings. The summed E-state index contributed by atoms with van der Waals surface area (Å²) >= 11 is 1.23. The highest BCUT2D eigenvalue weighted by atomic mass is 32.1. The molecule has 2 aromatic heterocycles. The molecular weight excluding hydrogens is 444 g/mol. The Bertz CT molecular complexity index is 1210. The number of carbonyl (C=O) groups is 3. The Kier molecular flexibility index (Phi) is 7.39. The van der Waals surface area contributed by atoms with Crippen molar-refractivity contribution < 1.29 is 24.2 Å². The van der Waals surface area contributed by atoms with Crippen LogP contribution in [0.15, 0.2) is 35.7 Å². The van der Waals surface area contributed by atoms with E-state index in [0.717, 1.165) is 5.56 Å². The van der Waals surface area contributed by atoms with E-state index in [1.54, 1.807) is 36.7 Å². The number of carbonyl (C=O) groups excluding carboxylic acids is 3. The zero-order valence-corrected chi connectivity index (χ0v) is 19.3. The molecule has 0 aliphatic rings. The van der Waals surface area contributed by atoms with Gasteiger partial charge in [0, 0.05) is 18.5 Å². The van der Waals surface area contributed by atoms with Crippen molar-refractivity contribution in [3.63, 3.8) is 0 Å². The van der Waals surface area contributed by atoms with Crippen LogP contribution in [0.2, 0.25) is 0 Å². The standard InChI is InChI=1S/C23H24N4O5S/c1-4-14-8-17(13(2)28)19(29)10-20(14)32-11-15-6-5-7-18(25-15)22(31)27(3)23-26-16(12-33-23)9-21(24)30/h5-8,10,12,29H,4,9,11H2,1-3H3,(H2,24,30). The molecule has 0 radical (unpaired) electrons. The van der Waals surface area contributed by atoms with Gasteiger partial charge >= 0.3 is 0 Å². The molecule has 0 unspecified atom stereocenters. The van der Waals surface area contributed by atoms with Crippen molar-refractivity contribution in [3.05, 3.63) is 63.9 Å². The lowest BCUT2D eigenvalue weighted by Gasteiger charge is -2.15. The van der Waals surface area contributed by atoms with Gasteiger partial charge in [-0.3, -0.25) is 19.3 Å². The normalized spacial score (nSPS) is 10.6. The number of primary amides is 1. The van der Waals surface area contributed by atoms with Crippen molar-refractivity contribution in [1.82, 2.24) is 9.97 Å². The maximum absolute atomic E-state index is 12.9. The maximum Gasteiger partial charge on any atom is 0.278 e. The first-order valence-electron chi connectivity index (χ1n) is 10.2. The van der Waals surface area contributed by atoms with Crippen LogP contribution in [0.1, 0.15) is 51.6 Å². The SMILES string of the molecule is CCc1cc(C(C)=O)c(O)cc1OCc1cccc(C(=O)N(C)c2nc(CC(N)=O)cs2)n1. The number of phenolic OH excluding ortho intramolecular Hbond substituents is 1. The predicted molar refractivity (Wildman–Crippen MR) is 124 cm³/mol. The Morgan fingerprint density at radius 1 is 1.18 bits per heavy atom. The Balaban J connectivity index is 1.74. The minimum atomic E-state index is -0.495. The summed E-state index contributed by atoms with van der Waals surface area (Å²) in [5, 5.41) is 12.2. The topological polar surface area (TPSA) is 136 Å². The Labute approximate surface area is 194 Å². The third-order valence-corrected chi connectivity index (χ3v) is 5.79. The molecule has 3 N–H and O–H groups in total. The first kappa shape index (κ1) is 23.9. The fourth-order valence-corrected chi connectivity index (χ4v) is 3.89. The van der Waals surface area contributed by atoms with Gasteiger partial charge < -0.3 is 15.6 Å². The Morgan fingerprint density at radius 2 is 1.94 bits per heavy atom. The molecule has 2 heterocycles. The minimum Gasteiger partial charge on any atom is -0.507 e. The summed E-state index contributed by atoms with van der Waals surface area (Å²) in [6, 6.07) is 8.05. The van der Waals surface area contributed by atoms with Crippen LogP contribution in [0.25, 0.3) is 0 Å². The average molecular weight is 469 g/mol. The molecule has 10 heteroatoms. The van der Waals surface area contributed by atoms with Gasteiger partial charge in [0.25, 0.3) is 5.91 Å². The van der Waals surface area contributed by atoms with Crippen LogP contribution in [0.4, 0.5) is 5.13 Å². The van der Waals surface area contributed by atoms with Crippen molar-refractivity contribution in [2.75, 3.05) is 11.9 Å². The van der Waals surface area contributed by atoms with Gasteiger partial charge in [-0.15, -0.1) is 11.3 Å². The van der Waals surface area contributed by atoms with Crippen molar-refractivity contribution in [2.24, 2.45) is 5.73 Å². The highest BCUT2D eigenvalue weighted by Gasteiger charge is 2.19. The molecule has 1 aromatic carbocycles. The predicted octanol–water partition coefficient (Wildman–Crippen LogP) is 2.89. The molecule has 3 rings (SSSR count). The van der Waals surface area contributed by atoms with E-state index in [0.29, 0.717) is 28.7 Å². The number of Topliss-reactive ketones (excluding diaryl/α,β-unsaturated/α-hetero) is 1. The second kappa shape index (κ2) is 10.2. The number of phenols is 1. The summed E-state index contributed by atoms with van der Waals surface area (Å²) < 4.78 is 5.84. The van der Waals surface area contributed by atoms with Crippen LogP contribution in [-0.2, 0) is 24.2 Å². The van der Waals surface area contributed by atoms with E-state index < -0.39 is 5.91 Å². The highest BCUT2D eigenvalue weighted by molar-refractivity contribution is 7.14. The third-order valence-electron chi connectivity index (χ3n) is 4.83. The lowest BCUT2D eigenvalue weighted by molar-refractivity contribution is -0.117. The van der Waals surface area contributed by atoms with Crippen LogP contribution in [0.3, 0.4) is 0 Å². The molecule has 2 amide bonds. The molecule has 0 saturated carbocycles. The van der Waals surface area contributed by atoms with Gasteiger partial charge in [-0.25, -0.2) is 9.97 Å². The quantitative estimate of drug-likeness (QED) is 0.461. The molecular formula is C23H24N4O5S. The van der Waals surface area contributed by atoms with E-state index in [1.807, 2.05) is 6.92 Å². The van der Waals surface area contributed by atoms with Crippen LogP contribution in [0.5, 0.6) is 11.5 Å². The number of rotatable bonds is 9. The lowest BCUT2D eigenvalue weighted by Crippen LogP contribution is -2.27. The number of nitrogens with zero attached hydrogens (tertiary/aromatic N) is 3. The summed E-state index contributed by atoms with van der Waals surface area (Å²) in [4.78, 5) is 45.6. The fraction of sp³-hybridized carbons (Fsp3) is 0.261. The van der Waals surface area contributed by atoms with Gasteiger partial charge in [-0.05, 0) is 37.1 Å². The lowest BCUT2D eigenvalue weighted by atomic mass is 10.0. The van der Waals surface area contributed by atoms with Crippen LogP contribution in [0, 0.1) is 0 Å². The van der Waals surface area contributed by atoms with Crippen LogP contribution < -0.4 is 15.4 Å². The first-order valence-corrected chi connectivity index (χ1v) is 11.0. The number of aryl methyl sites for hydroxylation is 1. The van der Waals surface area contributed by atoms with E-state index in [2.05, 4.69) is 9.97 Å². The molecule has 0 atom stereocenters. The van der Waals surface area contributed by atoms with Crippen molar-refractivity contribution in [3.8, 4) is 11.5 Å². The summed E-state index contributed by atoms with van der Waals surface area (Å²) in [7, 11) is 1.58. The number of aromatic nitrogens is 2. The number of hydrogen-bond acceptors (Lipinski definition) is 8. The van der Waals surface area contributed by atoms with Crippen molar-refractivity contribution in [2.45, 2.75) is 33.3 Å². The number of benzene rings is 1. The summed E-state index contributed by atoms with van der Waals surface area (Å²) in [6.07, 6.45) is 0.616. The molecule has 0 bridgehead atoms. The number of amides is 2. The maximum atomic E-state index is 12.9. The molecule has 0 saturated heterocycles. The summed E-state index contributed by atoms with van der Waals surface area (Å²) in [5.41, 5.74) is 7.43. The monoisotopic (exact) mass is 468 g/mol. The van der Waals surface area contributed by atoms with Gasteiger partial charge in [0.05, 0.1) is 23.4 Å². The minimum absolute atomic E-state index is 0.00625. The molecule has 0 aliphatic heterocycles. The zero-order chi connectivity index (χ0) is 24.1. The van der Waals surface area contributed by atoms with Gasteiger partial charge in [-0.2, -0.15) is 0 Å². The number of nitrogens with two attached hydrogens (primary N) is 1. The van der Waals surface area contributed by atoms with Gasteiger partial charge in [0.15, 0.2) is 10.9 Å². The van der Waals surface area contributed by atoms with Crippen LogP contribution >= 0.6 is 11.3 Å². The van der Waals surface area contributed by atoms with Gasteiger partial charge in [0.1, 0.15) is 23.8 Å². The van der Waals surface area contributed by atoms with Crippen molar-refractivity contribution >= 4 is 34.1 Å². The number of ether oxygens (including phenoxy) is 1. The number of anilines is 1. The third kappa shape index (κ3) is 5.72. The van der Waals surface area contributed by atoms with E-state index >= 15 is 0 Å². The molecule has 0 spiro atoms. The molecule has 33 heavy (non-hydrogen) atoms. The van der Waals surface area contributed by atoms with E-state index in [9.17, 15) is 19.5 Å².